The number of hydrogen-bond donors (Lipinski definition) is 1. The molecule has 10 nitrogen and oxygen atoms in total. The Morgan fingerprint density at radius 2 is 1.57 bits per heavy atom. The van der Waals surface area contributed by atoms with E-state index in [4.69, 9.17) is 0 Å². The second-order valence-electron chi connectivity index (χ2n) is 5.17. The number of H-pyrrole nitrogens is 1. The van der Waals surface area contributed by atoms with Gasteiger partial charge in [-0.3, -0.25) is 9.89 Å². The molecule has 0 saturated carbocycles. The summed E-state index contributed by atoms with van der Waals surface area (Å²) in [4.78, 5) is 23.3. The first kappa shape index (κ1) is 29.4. The molecule has 1 N–H and O–H groups in total. The molecule has 0 aliphatic carbocycles. The van der Waals surface area contributed by atoms with Crippen LogP contribution in [0.15, 0.2) is 68.4 Å². The quantitative estimate of drug-likeness (QED) is 0.174. The van der Waals surface area contributed by atoms with Gasteiger partial charge in [-0.05, 0) is 30.0 Å². The van der Waals surface area contributed by atoms with Crippen LogP contribution in [-0.2, 0) is 10.1 Å². The van der Waals surface area contributed by atoms with Crippen LogP contribution < -0.4 is 99.3 Å². The predicted molar refractivity (Wildman–Crippen MR) is 88.1 cm³/mol. The maximum Gasteiger partial charge on any atom is 1.00 e. The van der Waals surface area contributed by atoms with Crippen molar-refractivity contribution in [3.05, 3.63) is 70.6 Å². The molecule has 0 amide bonds. The Morgan fingerprint density at radius 1 is 1.00 bits per heavy atom. The van der Waals surface area contributed by atoms with Crippen molar-refractivity contribution < 1.29 is 112 Å². The summed E-state index contributed by atoms with van der Waals surface area (Å²) < 4.78 is 33.6. The molecule has 0 bridgehead atoms. The zero-order valence-corrected chi connectivity index (χ0v) is 23.1. The Morgan fingerprint density at radius 3 is 2.07 bits per heavy atom. The van der Waals surface area contributed by atoms with Crippen LogP contribution in [0.25, 0.3) is 5.69 Å². The van der Waals surface area contributed by atoms with Crippen LogP contribution in [0.1, 0.15) is 10.5 Å². The summed E-state index contributed by atoms with van der Waals surface area (Å²) in [6.07, 6.45) is 0. The first-order valence-electron chi connectivity index (χ1n) is 7.28. The number of nitrogens with zero attached hydrogens (tertiary/aromatic N) is 3. The number of azo groups is 1. The van der Waals surface area contributed by atoms with Gasteiger partial charge in [0, 0.05) is 0 Å². The number of carboxylic acids is 1. The molecule has 2 aromatic carbocycles. The summed E-state index contributed by atoms with van der Waals surface area (Å²) in [7, 11) is -4.61. The molecule has 14 heteroatoms. The topological polar surface area (TPSA) is 160 Å². The second-order valence-corrected chi connectivity index (χ2v) is 6.55. The van der Waals surface area contributed by atoms with Crippen molar-refractivity contribution in [3.8, 4) is 5.69 Å². The van der Waals surface area contributed by atoms with Gasteiger partial charge in [0.15, 0.2) is 5.69 Å². The van der Waals surface area contributed by atoms with Gasteiger partial charge in [0.05, 0.1) is 16.6 Å². The molecule has 0 aliphatic rings. The standard InChI is InChI=1S/C16H11N4O6S.3Na/c21-15-13(18-17-10-6-8-12(9-7-10)27(24,25)26)14(16(22)23)19-20(15)11-4-2-1-3-5-11;;;/h2-9,19H,(H,22,23)(H,24,25,26);;;/q-1;3*+1/p-2. The molecule has 3 rings (SSSR count). The van der Waals surface area contributed by atoms with E-state index in [0.29, 0.717) is 5.69 Å². The number of aromatic amines is 1. The maximum atomic E-state index is 12.5. The van der Waals surface area contributed by atoms with E-state index in [9.17, 15) is 27.7 Å². The number of carbonyl (C=O) groups is 1. The number of carbonyl (C=O) groups excluding carboxylic acids is 1. The molecule has 0 aliphatic heterocycles. The fourth-order valence-corrected chi connectivity index (χ4v) is 2.63. The van der Waals surface area contributed by atoms with Crippen LogP contribution in [-0.4, -0.2) is 28.7 Å². The summed E-state index contributed by atoms with van der Waals surface area (Å²) in [5, 5.41) is 21.0. The Kier molecular flexibility index (Phi) is 12.2. The minimum absolute atomic E-state index is 0. The molecule has 0 radical (unpaired) electrons. The van der Waals surface area contributed by atoms with Crippen LogP contribution in [0, 0.1) is 6.07 Å². The van der Waals surface area contributed by atoms with E-state index >= 15 is 0 Å². The van der Waals surface area contributed by atoms with Gasteiger partial charge in [-0.2, -0.15) is 23.3 Å². The third kappa shape index (κ3) is 6.97. The number of benzene rings is 2. The van der Waals surface area contributed by atoms with Crippen LogP contribution in [0.3, 0.4) is 0 Å². The zero-order valence-electron chi connectivity index (χ0n) is 16.3. The third-order valence-corrected chi connectivity index (χ3v) is 4.27. The van der Waals surface area contributed by atoms with E-state index in [-0.39, 0.29) is 94.4 Å². The normalized spacial score (nSPS) is 10.6. The minimum atomic E-state index is -4.61. The summed E-state index contributed by atoms with van der Waals surface area (Å²) in [5.41, 5.74) is -1.39. The molecule has 1 aromatic heterocycles. The van der Waals surface area contributed by atoms with Gasteiger partial charge in [-0.25, -0.2) is 13.1 Å². The summed E-state index contributed by atoms with van der Waals surface area (Å²) in [5.74, 6) is -1.66. The van der Waals surface area contributed by atoms with Crippen molar-refractivity contribution in [3.63, 3.8) is 0 Å². The van der Waals surface area contributed by atoms with Crippen molar-refractivity contribution in [1.82, 2.24) is 9.78 Å². The molecular formula is C16H9N4Na3O6S. The molecule has 0 unspecified atom stereocenters. The van der Waals surface area contributed by atoms with Gasteiger partial charge in [-0.1, -0.05) is 0 Å². The number of aromatic carboxylic acids is 1. The first-order valence-corrected chi connectivity index (χ1v) is 8.69. The van der Waals surface area contributed by atoms with Gasteiger partial charge < -0.3 is 14.5 Å². The average molecular weight is 454 g/mol. The largest absolute Gasteiger partial charge is 1.00 e. The van der Waals surface area contributed by atoms with Gasteiger partial charge in [0.2, 0.25) is 0 Å². The fraction of sp³-hybridized carbons (Fsp3) is 0. The molecule has 0 saturated heterocycles. The molecule has 0 spiro atoms. The molecule has 30 heavy (non-hydrogen) atoms. The minimum Gasteiger partial charge on any atom is -0.744 e. The number of nitrogens with one attached hydrogen (secondary N) is 1. The van der Waals surface area contributed by atoms with Crippen LogP contribution in [0.4, 0.5) is 11.4 Å². The monoisotopic (exact) mass is 454 g/mol. The maximum absolute atomic E-state index is 12.5. The Bertz CT molecular complexity index is 1190. The summed E-state index contributed by atoms with van der Waals surface area (Å²) >= 11 is 0. The third-order valence-electron chi connectivity index (χ3n) is 3.42. The van der Waals surface area contributed by atoms with Gasteiger partial charge in [0.1, 0.15) is 15.8 Å². The second kappa shape index (κ2) is 12.5. The predicted octanol–water partition coefficient (Wildman–Crippen LogP) is -8.34. The van der Waals surface area contributed by atoms with Crippen molar-refractivity contribution in [2.24, 2.45) is 10.2 Å². The van der Waals surface area contributed by atoms with Crippen LogP contribution in [0.5, 0.6) is 0 Å². The Labute approximate surface area is 237 Å². The first-order chi connectivity index (χ1) is 12.8. The van der Waals surface area contributed by atoms with Crippen molar-refractivity contribution in [2.75, 3.05) is 0 Å². The van der Waals surface area contributed by atoms with Crippen molar-refractivity contribution >= 4 is 27.5 Å². The van der Waals surface area contributed by atoms with Gasteiger partial charge in [-0.15, -0.1) is 17.2 Å². The number of carboxylic acid groups (broad SMARTS) is 1. The van der Waals surface area contributed by atoms with E-state index in [0.717, 1.165) is 16.8 Å². The van der Waals surface area contributed by atoms with E-state index in [2.05, 4.69) is 21.4 Å². The van der Waals surface area contributed by atoms with Crippen LogP contribution >= 0.6 is 0 Å². The molecule has 1 heterocycles. The average Bonchev–Trinajstić information content (AvgIpc) is 2.97. The van der Waals surface area contributed by atoms with Crippen molar-refractivity contribution in [2.45, 2.75) is 4.90 Å². The van der Waals surface area contributed by atoms with Gasteiger partial charge in [0.25, 0.3) is 5.56 Å². The number of aromatic nitrogens is 2. The molecule has 138 valence electrons. The molecule has 0 atom stereocenters. The fourth-order valence-electron chi connectivity index (χ4n) is 2.16. The van der Waals surface area contributed by atoms with E-state index < -0.39 is 37.9 Å². The summed E-state index contributed by atoms with van der Waals surface area (Å²) in [6.45, 7) is 0. The zero-order chi connectivity index (χ0) is 19.6. The number of hydrogen-bond acceptors (Lipinski definition) is 8. The Balaban J connectivity index is 0.00000280. The summed E-state index contributed by atoms with van der Waals surface area (Å²) in [6, 6.07) is 13.3. The van der Waals surface area contributed by atoms with Crippen LogP contribution in [0.2, 0.25) is 0 Å². The molecule has 3 aromatic rings. The van der Waals surface area contributed by atoms with Gasteiger partial charge >= 0.3 is 88.7 Å². The van der Waals surface area contributed by atoms with E-state index in [1.807, 2.05) is 0 Å². The van der Waals surface area contributed by atoms with Crippen molar-refractivity contribution in [1.29, 1.82) is 0 Å². The molecule has 0 fully saturated rings. The smallest absolute Gasteiger partial charge is 0.744 e. The molecular weight excluding hydrogens is 445 g/mol. The Hall–Kier alpha value is -0.570. The number of rotatable bonds is 5. The van der Waals surface area contributed by atoms with E-state index in [1.54, 1.807) is 0 Å². The SMILES string of the molecule is O=C([O-])c1[nH]n(-c2cc[c-]cc2)c(=O)c1N=Nc1ccc(S(=O)(=O)[O-])cc1.[Na+].[Na+].[Na+]. The van der Waals surface area contributed by atoms with E-state index in [1.165, 1.54) is 36.4 Å².